The molecule has 0 aliphatic carbocycles. The summed E-state index contributed by atoms with van der Waals surface area (Å²) >= 11 is 0. The Kier molecular flexibility index (Phi) is 2.32. The summed E-state index contributed by atoms with van der Waals surface area (Å²) < 4.78 is 3.63. The average Bonchev–Trinajstić information content (AvgIpc) is 2.70. The minimum atomic E-state index is 0.480. The summed E-state index contributed by atoms with van der Waals surface area (Å²) in [5, 5.41) is 8.71. The maximum absolute atomic E-state index is 5.71. The molecular formula is C10H15N5. The molecule has 2 N–H and O–H groups in total. The number of aryl methyl sites for hydroxylation is 3. The van der Waals surface area contributed by atoms with Gasteiger partial charge in [-0.3, -0.25) is 4.68 Å². The first-order valence-electron chi connectivity index (χ1n) is 4.88. The second-order valence-corrected chi connectivity index (χ2v) is 3.62. The van der Waals surface area contributed by atoms with Crippen LogP contribution in [0.15, 0.2) is 12.3 Å². The number of aromatic nitrogens is 4. The Bertz CT molecular complexity index is 480. The Balaban J connectivity index is 2.61. The maximum Gasteiger partial charge on any atom is 0.156 e. The number of rotatable bonds is 2. The van der Waals surface area contributed by atoms with Crippen LogP contribution in [-0.2, 0) is 13.6 Å². The Hall–Kier alpha value is -1.62. The quantitative estimate of drug-likeness (QED) is 0.784. The molecule has 80 valence electrons. The van der Waals surface area contributed by atoms with Crippen molar-refractivity contribution in [3.63, 3.8) is 0 Å². The molecule has 0 amide bonds. The summed E-state index contributed by atoms with van der Waals surface area (Å²) in [6, 6.07) is 1.96. The van der Waals surface area contributed by atoms with Crippen molar-refractivity contribution in [2.24, 2.45) is 12.8 Å². The van der Waals surface area contributed by atoms with Gasteiger partial charge in [0.15, 0.2) is 5.82 Å². The standard InChI is InChI=1S/C10H15N5/c1-7-4-5-15(12-7)10-9(6-11)8(2)13-14(10)3/h4-5H,6,11H2,1-3H3. The second kappa shape index (κ2) is 3.51. The van der Waals surface area contributed by atoms with Gasteiger partial charge in [0.25, 0.3) is 0 Å². The first-order valence-corrected chi connectivity index (χ1v) is 4.88. The van der Waals surface area contributed by atoms with Gasteiger partial charge >= 0.3 is 0 Å². The largest absolute Gasteiger partial charge is 0.326 e. The van der Waals surface area contributed by atoms with E-state index < -0.39 is 0 Å². The van der Waals surface area contributed by atoms with Crippen molar-refractivity contribution in [1.82, 2.24) is 19.6 Å². The van der Waals surface area contributed by atoms with Crippen LogP contribution in [-0.4, -0.2) is 19.6 Å². The molecule has 5 nitrogen and oxygen atoms in total. The molecule has 0 saturated carbocycles. The lowest BCUT2D eigenvalue weighted by molar-refractivity contribution is 0.688. The number of hydrogen-bond donors (Lipinski definition) is 1. The third-order valence-electron chi connectivity index (χ3n) is 2.46. The monoisotopic (exact) mass is 205 g/mol. The Labute approximate surface area is 88.5 Å². The second-order valence-electron chi connectivity index (χ2n) is 3.62. The van der Waals surface area contributed by atoms with Gasteiger partial charge in [0.2, 0.25) is 0 Å². The van der Waals surface area contributed by atoms with E-state index in [-0.39, 0.29) is 0 Å². The summed E-state index contributed by atoms with van der Waals surface area (Å²) in [4.78, 5) is 0. The molecule has 2 aromatic rings. The van der Waals surface area contributed by atoms with E-state index >= 15 is 0 Å². The average molecular weight is 205 g/mol. The zero-order chi connectivity index (χ0) is 11.0. The van der Waals surface area contributed by atoms with Crippen molar-refractivity contribution in [3.8, 4) is 5.82 Å². The maximum atomic E-state index is 5.71. The molecule has 2 rings (SSSR count). The van der Waals surface area contributed by atoms with E-state index in [0.29, 0.717) is 6.54 Å². The van der Waals surface area contributed by atoms with Gasteiger partial charge in [0.05, 0.1) is 11.4 Å². The Morgan fingerprint density at radius 3 is 2.60 bits per heavy atom. The van der Waals surface area contributed by atoms with Crippen LogP contribution in [0.3, 0.4) is 0 Å². The van der Waals surface area contributed by atoms with Crippen LogP contribution in [0.2, 0.25) is 0 Å². The predicted molar refractivity (Wildman–Crippen MR) is 57.7 cm³/mol. The predicted octanol–water partition coefficient (Wildman–Crippen LogP) is 0.681. The van der Waals surface area contributed by atoms with E-state index in [1.54, 1.807) is 0 Å². The molecule has 15 heavy (non-hydrogen) atoms. The van der Waals surface area contributed by atoms with Crippen LogP contribution < -0.4 is 5.73 Å². The first kappa shape index (κ1) is 9.92. The molecular weight excluding hydrogens is 190 g/mol. The van der Waals surface area contributed by atoms with Crippen LogP contribution in [0.25, 0.3) is 5.82 Å². The van der Waals surface area contributed by atoms with Gasteiger partial charge < -0.3 is 5.73 Å². The summed E-state index contributed by atoms with van der Waals surface area (Å²) in [7, 11) is 1.90. The van der Waals surface area contributed by atoms with Gasteiger partial charge in [0, 0.05) is 25.4 Å². The summed E-state index contributed by atoms with van der Waals surface area (Å²) in [6.45, 7) is 4.40. The molecule has 0 saturated heterocycles. The smallest absolute Gasteiger partial charge is 0.156 e. The fourth-order valence-electron chi connectivity index (χ4n) is 1.75. The highest BCUT2D eigenvalue weighted by molar-refractivity contribution is 5.37. The van der Waals surface area contributed by atoms with Gasteiger partial charge in [-0.25, -0.2) is 4.68 Å². The molecule has 0 aliphatic heterocycles. The molecule has 0 atom stereocenters. The van der Waals surface area contributed by atoms with E-state index in [0.717, 1.165) is 22.8 Å². The fourth-order valence-corrected chi connectivity index (χ4v) is 1.75. The lowest BCUT2D eigenvalue weighted by Gasteiger charge is -2.04. The van der Waals surface area contributed by atoms with E-state index in [1.165, 1.54) is 0 Å². The molecule has 5 heteroatoms. The lowest BCUT2D eigenvalue weighted by Crippen LogP contribution is -2.08. The summed E-state index contributed by atoms with van der Waals surface area (Å²) in [5.41, 5.74) is 8.70. The highest BCUT2D eigenvalue weighted by Gasteiger charge is 2.13. The summed E-state index contributed by atoms with van der Waals surface area (Å²) in [5.74, 6) is 0.947. The van der Waals surface area contributed by atoms with Gasteiger partial charge in [-0.05, 0) is 19.9 Å². The van der Waals surface area contributed by atoms with Crippen molar-refractivity contribution in [3.05, 3.63) is 29.2 Å². The fraction of sp³-hybridized carbons (Fsp3) is 0.400. The number of nitrogens with two attached hydrogens (primary N) is 1. The molecule has 0 bridgehead atoms. The van der Waals surface area contributed by atoms with Crippen molar-refractivity contribution in [1.29, 1.82) is 0 Å². The van der Waals surface area contributed by atoms with E-state index in [2.05, 4.69) is 10.2 Å². The molecule has 0 fully saturated rings. The van der Waals surface area contributed by atoms with Gasteiger partial charge in [-0.2, -0.15) is 10.2 Å². The van der Waals surface area contributed by atoms with Crippen LogP contribution in [0.5, 0.6) is 0 Å². The molecule has 0 unspecified atom stereocenters. The normalized spacial score (nSPS) is 10.9. The van der Waals surface area contributed by atoms with Gasteiger partial charge in [0.1, 0.15) is 0 Å². The molecule has 0 aromatic carbocycles. The minimum Gasteiger partial charge on any atom is -0.326 e. The number of hydrogen-bond acceptors (Lipinski definition) is 3. The number of nitrogens with zero attached hydrogens (tertiary/aromatic N) is 4. The zero-order valence-corrected chi connectivity index (χ0v) is 9.23. The Morgan fingerprint density at radius 1 is 1.33 bits per heavy atom. The molecule has 0 aliphatic rings. The molecule has 0 spiro atoms. The van der Waals surface area contributed by atoms with Crippen LogP contribution >= 0.6 is 0 Å². The highest BCUT2D eigenvalue weighted by atomic mass is 15.4. The van der Waals surface area contributed by atoms with Crippen molar-refractivity contribution < 1.29 is 0 Å². The van der Waals surface area contributed by atoms with Crippen LogP contribution in [0.1, 0.15) is 17.0 Å². The van der Waals surface area contributed by atoms with Crippen molar-refractivity contribution >= 4 is 0 Å². The van der Waals surface area contributed by atoms with E-state index in [9.17, 15) is 0 Å². The Morgan fingerprint density at radius 2 is 2.07 bits per heavy atom. The zero-order valence-electron chi connectivity index (χ0n) is 9.23. The topological polar surface area (TPSA) is 61.7 Å². The summed E-state index contributed by atoms with van der Waals surface area (Å²) in [6.07, 6.45) is 1.92. The molecule has 0 radical (unpaired) electrons. The van der Waals surface area contributed by atoms with E-state index in [1.807, 2.05) is 42.5 Å². The first-order chi connectivity index (χ1) is 7.13. The van der Waals surface area contributed by atoms with Crippen LogP contribution in [0, 0.1) is 13.8 Å². The highest BCUT2D eigenvalue weighted by Crippen LogP contribution is 2.16. The van der Waals surface area contributed by atoms with Crippen LogP contribution in [0.4, 0.5) is 0 Å². The lowest BCUT2D eigenvalue weighted by atomic mass is 10.2. The molecule has 2 heterocycles. The third-order valence-corrected chi connectivity index (χ3v) is 2.46. The molecule has 2 aromatic heterocycles. The van der Waals surface area contributed by atoms with Gasteiger partial charge in [-0.1, -0.05) is 0 Å². The van der Waals surface area contributed by atoms with Gasteiger partial charge in [-0.15, -0.1) is 0 Å². The third kappa shape index (κ3) is 1.55. The van der Waals surface area contributed by atoms with E-state index in [4.69, 9.17) is 5.73 Å². The SMILES string of the molecule is Cc1ccn(-c2c(CN)c(C)nn2C)n1. The van der Waals surface area contributed by atoms with Crippen molar-refractivity contribution in [2.45, 2.75) is 20.4 Å². The van der Waals surface area contributed by atoms with Crippen molar-refractivity contribution in [2.75, 3.05) is 0 Å². The minimum absolute atomic E-state index is 0.480.